The molecule has 2 aliphatic rings. The molecule has 114 valence electrons. The summed E-state index contributed by atoms with van der Waals surface area (Å²) in [5, 5.41) is 4.20. The summed E-state index contributed by atoms with van der Waals surface area (Å²) >= 11 is 5.54. The van der Waals surface area contributed by atoms with E-state index in [2.05, 4.69) is 29.6 Å². The minimum atomic E-state index is 0.750. The van der Waals surface area contributed by atoms with Crippen LogP contribution in [-0.4, -0.2) is 13.1 Å². The Labute approximate surface area is 133 Å². The molecule has 1 heterocycles. The lowest BCUT2D eigenvalue weighted by Gasteiger charge is -2.16. The molecule has 2 nitrogen and oxygen atoms in total. The van der Waals surface area contributed by atoms with Crippen molar-refractivity contribution < 1.29 is 0 Å². The summed E-state index contributed by atoms with van der Waals surface area (Å²) in [5.74, 6) is 0. The average Bonchev–Trinajstić information content (AvgIpc) is 2.75. The zero-order chi connectivity index (χ0) is 15.3. The fraction of sp³-hybridized carbons (Fsp3) is 0.333. The van der Waals surface area contributed by atoms with Gasteiger partial charge in [-0.05, 0) is 49.6 Å². The molecule has 21 heavy (non-hydrogen) atoms. The maximum absolute atomic E-state index is 5.54. The Morgan fingerprint density at radius 2 is 1.81 bits per heavy atom. The maximum atomic E-state index is 5.54. The van der Waals surface area contributed by atoms with Crippen molar-refractivity contribution >= 4 is 11.6 Å². The molecular weight excluding hydrogens is 280 g/mol. The predicted molar refractivity (Wildman–Crippen MR) is 93.3 cm³/mol. The van der Waals surface area contributed by atoms with Crippen LogP contribution in [0.3, 0.4) is 0 Å². The molecule has 0 unspecified atom stereocenters. The third kappa shape index (κ3) is 7.74. The number of halogens is 1. The van der Waals surface area contributed by atoms with Gasteiger partial charge < -0.3 is 11.1 Å². The topological polar surface area (TPSA) is 38.0 Å². The lowest BCUT2D eigenvalue weighted by molar-refractivity contribution is 0.685. The van der Waals surface area contributed by atoms with Gasteiger partial charge in [0.2, 0.25) is 0 Å². The van der Waals surface area contributed by atoms with Gasteiger partial charge in [0.05, 0.1) is 0 Å². The molecule has 3 rings (SSSR count). The van der Waals surface area contributed by atoms with E-state index in [0.717, 1.165) is 24.5 Å². The molecule has 1 aromatic rings. The van der Waals surface area contributed by atoms with Crippen molar-refractivity contribution in [3.8, 4) is 0 Å². The molecule has 3 heteroatoms. The van der Waals surface area contributed by atoms with E-state index >= 15 is 0 Å². The molecule has 0 radical (unpaired) electrons. The van der Waals surface area contributed by atoms with E-state index in [1.54, 1.807) is 0 Å². The maximum Gasteiger partial charge on any atom is 0.0405 e. The molecule has 0 aromatic heterocycles. The lowest BCUT2D eigenvalue weighted by Crippen LogP contribution is -2.19. The Kier molecular flexibility index (Phi) is 9.34. The predicted octanol–water partition coefficient (Wildman–Crippen LogP) is 4.45. The van der Waals surface area contributed by atoms with Gasteiger partial charge in [-0.15, -0.1) is 0 Å². The van der Waals surface area contributed by atoms with Crippen molar-refractivity contribution in [2.24, 2.45) is 5.73 Å². The van der Waals surface area contributed by atoms with Gasteiger partial charge in [-0.2, -0.15) is 0 Å². The Morgan fingerprint density at radius 3 is 2.43 bits per heavy atom. The molecule has 0 saturated heterocycles. The minimum Gasteiger partial charge on any atom is -0.385 e. The molecule has 1 aromatic carbocycles. The standard InChI is InChI=1S/C10H13N.C6H5Cl.C2H7N/c1-2-5-9-6-4-8-11-10(9)7-3-1;7-6-4-2-1-3-5-6;1-2-3/h2-3,5,7,11H,1,4,6,8H2;1-5H;2-3H2,1H3. The first-order valence-electron chi connectivity index (χ1n) is 7.48. The largest absolute Gasteiger partial charge is 0.385 e. The second-order valence-electron chi connectivity index (χ2n) is 4.71. The molecule has 0 fully saturated rings. The van der Waals surface area contributed by atoms with Crippen LogP contribution in [0.15, 0.2) is 65.9 Å². The summed E-state index contributed by atoms with van der Waals surface area (Å²) in [7, 11) is 0. The molecule has 3 N–H and O–H groups in total. The van der Waals surface area contributed by atoms with Crippen LogP contribution in [0.2, 0.25) is 5.02 Å². The summed E-state index contributed by atoms with van der Waals surface area (Å²) in [6.45, 7) is 3.79. The van der Waals surface area contributed by atoms with Crippen LogP contribution < -0.4 is 11.1 Å². The van der Waals surface area contributed by atoms with Gasteiger partial charge in [0.25, 0.3) is 0 Å². The Balaban J connectivity index is 0.000000190. The van der Waals surface area contributed by atoms with Gasteiger partial charge in [0, 0.05) is 17.3 Å². The molecule has 0 atom stereocenters. The molecule has 0 spiro atoms. The zero-order valence-corrected chi connectivity index (χ0v) is 13.4. The number of nitrogens with one attached hydrogen (secondary N) is 1. The molecule has 1 aliphatic heterocycles. The molecule has 0 saturated carbocycles. The van der Waals surface area contributed by atoms with Crippen molar-refractivity contribution in [3.05, 3.63) is 70.9 Å². The number of hydrogen-bond acceptors (Lipinski definition) is 2. The number of benzene rings is 1. The van der Waals surface area contributed by atoms with Crippen LogP contribution in [0.4, 0.5) is 0 Å². The van der Waals surface area contributed by atoms with Gasteiger partial charge in [-0.25, -0.2) is 0 Å². The third-order valence-corrected chi connectivity index (χ3v) is 3.15. The van der Waals surface area contributed by atoms with Crippen molar-refractivity contribution in [2.75, 3.05) is 13.1 Å². The van der Waals surface area contributed by atoms with E-state index in [0.29, 0.717) is 0 Å². The number of allylic oxidation sites excluding steroid dienone is 5. The average molecular weight is 305 g/mol. The normalized spacial score (nSPS) is 15.6. The van der Waals surface area contributed by atoms with E-state index in [-0.39, 0.29) is 0 Å². The fourth-order valence-corrected chi connectivity index (χ4v) is 2.12. The lowest BCUT2D eigenvalue weighted by atomic mass is 10.0. The van der Waals surface area contributed by atoms with Gasteiger partial charge in [-0.1, -0.05) is 55.0 Å². The summed E-state index contributed by atoms with van der Waals surface area (Å²) in [4.78, 5) is 0. The quantitative estimate of drug-likeness (QED) is 0.743. The van der Waals surface area contributed by atoms with Crippen molar-refractivity contribution in [3.63, 3.8) is 0 Å². The van der Waals surface area contributed by atoms with Crippen LogP contribution in [0.25, 0.3) is 0 Å². The van der Waals surface area contributed by atoms with E-state index in [9.17, 15) is 0 Å². The van der Waals surface area contributed by atoms with Gasteiger partial charge in [0.1, 0.15) is 0 Å². The van der Waals surface area contributed by atoms with Gasteiger partial charge >= 0.3 is 0 Å². The first-order valence-corrected chi connectivity index (χ1v) is 7.86. The molecule has 1 aliphatic carbocycles. The van der Waals surface area contributed by atoms with Crippen LogP contribution in [-0.2, 0) is 0 Å². The Morgan fingerprint density at radius 1 is 1.14 bits per heavy atom. The highest BCUT2D eigenvalue weighted by molar-refractivity contribution is 6.30. The highest BCUT2D eigenvalue weighted by Gasteiger charge is 2.07. The minimum absolute atomic E-state index is 0.750. The highest BCUT2D eigenvalue weighted by atomic mass is 35.5. The second-order valence-corrected chi connectivity index (χ2v) is 5.15. The highest BCUT2D eigenvalue weighted by Crippen LogP contribution is 2.19. The van der Waals surface area contributed by atoms with Crippen LogP contribution >= 0.6 is 11.6 Å². The van der Waals surface area contributed by atoms with Crippen LogP contribution in [0.1, 0.15) is 26.2 Å². The van der Waals surface area contributed by atoms with E-state index in [4.69, 9.17) is 17.3 Å². The Hall–Kier alpha value is -1.51. The zero-order valence-electron chi connectivity index (χ0n) is 12.7. The van der Waals surface area contributed by atoms with Gasteiger partial charge in [0.15, 0.2) is 0 Å². The molecular formula is C18H25ClN2. The monoisotopic (exact) mass is 304 g/mol. The van der Waals surface area contributed by atoms with Crippen molar-refractivity contribution in [2.45, 2.75) is 26.2 Å². The summed E-state index contributed by atoms with van der Waals surface area (Å²) in [6.07, 6.45) is 12.5. The summed E-state index contributed by atoms with van der Waals surface area (Å²) in [5.41, 5.74) is 7.66. The first-order chi connectivity index (χ1) is 10.3. The smallest absolute Gasteiger partial charge is 0.0405 e. The molecule has 0 amide bonds. The number of nitrogens with two attached hydrogens (primary N) is 1. The molecule has 0 bridgehead atoms. The van der Waals surface area contributed by atoms with Crippen molar-refractivity contribution in [1.82, 2.24) is 5.32 Å². The first kappa shape index (κ1) is 17.5. The SMILES string of the molecule is C1=CC2=C(C=CC1)NCCC2.CCN.Clc1ccccc1. The van der Waals surface area contributed by atoms with E-state index in [1.807, 2.05) is 37.3 Å². The fourth-order valence-electron chi connectivity index (χ4n) is 1.98. The van der Waals surface area contributed by atoms with Crippen LogP contribution in [0, 0.1) is 0 Å². The van der Waals surface area contributed by atoms with E-state index in [1.165, 1.54) is 24.1 Å². The van der Waals surface area contributed by atoms with Crippen molar-refractivity contribution in [1.29, 1.82) is 0 Å². The third-order valence-electron chi connectivity index (χ3n) is 2.89. The second kappa shape index (κ2) is 11.2. The van der Waals surface area contributed by atoms with Gasteiger partial charge in [-0.3, -0.25) is 0 Å². The Bertz CT molecular complexity index is 451. The number of rotatable bonds is 0. The summed E-state index contributed by atoms with van der Waals surface area (Å²) < 4.78 is 0. The number of hydrogen-bond donors (Lipinski definition) is 2. The van der Waals surface area contributed by atoms with E-state index < -0.39 is 0 Å². The van der Waals surface area contributed by atoms with Crippen LogP contribution in [0.5, 0.6) is 0 Å². The summed E-state index contributed by atoms with van der Waals surface area (Å²) in [6, 6.07) is 9.44.